The molecule has 0 aliphatic heterocycles. The van der Waals surface area contributed by atoms with Crippen molar-refractivity contribution >= 4 is 32.5 Å². The van der Waals surface area contributed by atoms with Gasteiger partial charge in [0.1, 0.15) is 0 Å². The summed E-state index contributed by atoms with van der Waals surface area (Å²) < 4.78 is 24.7. The molecule has 2 heterocycles. The predicted octanol–water partition coefficient (Wildman–Crippen LogP) is 3.41. The van der Waals surface area contributed by atoms with E-state index in [0.717, 1.165) is 13.1 Å². The monoisotopic (exact) mass is 400 g/mol. The normalized spacial score (nSPS) is 12.4. The molecule has 2 rings (SSSR count). The fourth-order valence-corrected chi connectivity index (χ4v) is 5.83. The van der Waals surface area contributed by atoms with Crippen molar-refractivity contribution in [2.45, 2.75) is 26.9 Å². The molecule has 0 amide bonds. The fourth-order valence-electron chi connectivity index (χ4n) is 2.47. The van der Waals surface area contributed by atoms with Crippen LogP contribution < -0.4 is 0 Å². The molecule has 0 aliphatic carbocycles. The lowest BCUT2D eigenvalue weighted by molar-refractivity contribution is 0.342. The molecule has 0 aromatic carbocycles. The van der Waals surface area contributed by atoms with Crippen LogP contribution >= 0.6 is 22.7 Å². The van der Waals surface area contributed by atoms with Gasteiger partial charge in [0, 0.05) is 35.9 Å². The van der Waals surface area contributed by atoms with E-state index in [9.17, 15) is 8.42 Å². The van der Waals surface area contributed by atoms with Crippen LogP contribution in [0.4, 0.5) is 0 Å². The number of sulfone groups is 1. The summed E-state index contributed by atoms with van der Waals surface area (Å²) in [4.78, 5) is 6.81. The van der Waals surface area contributed by atoms with Crippen LogP contribution in [0.2, 0.25) is 0 Å². The Morgan fingerprint density at radius 1 is 0.840 bits per heavy atom. The molecule has 4 nitrogen and oxygen atoms in total. The third kappa shape index (κ3) is 6.83. The van der Waals surface area contributed by atoms with Gasteiger partial charge in [0.25, 0.3) is 0 Å². The van der Waals surface area contributed by atoms with Gasteiger partial charge in [0.2, 0.25) is 0 Å². The molecule has 2 aromatic rings. The van der Waals surface area contributed by atoms with Crippen LogP contribution in [0.25, 0.3) is 0 Å². The van der Waals surface area contributed by atoms with Crippen LogP contribution in [-0.4, -0.2) is 56.9 Å². The summed E-state index contributed by atoms with van der Waals surface area (Å²) in [5.41, 5.74) is 2.57. The lowest BCUT2D eigenvalue weighted by Crippen LogP contribution is -2.30. The van der Waals surface area contributed by atoms with Crippen molar-refractivity contribution < 1.29 is 8.42 Å². The first-order valence-electron chi connectivity index (χ1n) is 8.40. The minimum Gasteiger partial charge on any atom is -0.300 e. The van der Waals surface area contributed by atoms with Gasteiger partial charge in [-0.15, -0.1) is 22.7 Å². The maximum atomic E-state index is 12.3. The Labute approximate surface area is 160 Å². The standard InChI is InChI=1S/C18H28N2O2S3/c1-15-5-9-23-17(15)13-19(3)7-11-25(21,22)12-8-20(4)14-18-16(2)6-10-24-18/h5-6,9-10H,7-8,11-14H2,1-4H3. The maximum absolute atomic E-state index is 12.3. The summed E-state index contributed by atoms with van der Waals surface area (Å²) >= 11 is 3.46. The molecule has 140 valence electrons. The Morgan fingerprint density at radius 2 is 1.24 bits per heavy atom. The van der Waals surface area contributed by atoms with Gasteiger partial charge < -0.3 is 9.80 Å². The maximum Gasteiger partial charge on any atom is 0.152 e. The largest absolute Gasteiger partial charge is 0.300 e. The molecule has 0 N–H and O–H groups in total. The lowest BCUT2D eigenvalue weighted by atomic mass is 10.3. The second-order valence-electron chi connectivity index (χ2n) is 6.68. The molecule has 0 unspecified atom stereocenters. The van der Waals surface area contributed by atoms with Crippen molar-refractivity contribution in [3.63, 3.8) is 0 Å². The van der Waals surface area contributed by atoms with E-state index in [-0.39, 0.29) is 11.5 Å². The molecule has 0 spiro atoms. The smallest absolute Gasteiger partial charge is 0.152 e. The first kappa shape index (κ1) is 20.6. The van der Waals surface area contributed by atoms with Crippen molar-refractivity contribution in [1.82, 2.24) is 9.80 Å². The molecule has 0 saturated carbocycles. The summed E-state index contributed by atoms with van der Waals surface area (Å²) in [6.07, 6.45) is 0. The van der Waals surface area contributed by atoms with E-state index in [0.29, 0.717) is 13.1 Å². The van der Waals surface area contributed by atoms with E-state index in [2.05, 4.69) is 46.5 Å². The summed E-state index contributed by atoms with van der Waals surface area (Å²) in [6.45, 7) is 6.98. The van der Waals surface area contributed by atoms with Crippen molar-refractivity contribution in [1.29, 1.82) is 0 Å². The van der Waals surface area contributed by atoms with Gasteiger partial charge in [-0.25, -0.2) is 8.42 Å². The van der Waals surface area contributed by atoms with Crippen LogP contribution in [0.1, 0.15) is 20.9 Å². The third-order valence-electron chi connectivity index (χ3n) is 4.33. The van der Waals surface area contributed by atoms with Crippen LogP contribution in [-0.2, 0) is 22.9 Å². The minimum atomic E-state index is -3.03. The van der Waals surface area contributed by atoms with Crippen LogP contribution in [0, 0.1) is 13.8 Å². The zero-order chi connectivity index (χ0) is 18.4. The molecule has 0 aliphatic rings. The Kier molecular flexibility index (Phi) is 7.64. The molecular formula is C18H28N2O2S3. The quantitative estimate of drug-likeness (QED) is 0.613. The zero-order valence-corrected chi connectivity index (χ0v) is 17.9. The van der Waals surface area contributed by atoms with Gasteiger partial charge in [0.15, 0.2) is 9.84 Å². The molecule has 2 aromatic heterocycles. The van der Waals surface area contributed by atoms with Gasteiger partial charge in [-0.1, -0.05) is 0 Å². The Morgan fingerprint density at radius 3 is 1.56 bits per heavy atom. The van der Waals surface area contributed by atoms with Crippen LogP contribution in [0.5, 0.6) is 0 Å². The summed E-state index contributed by atoms with van der Waals surface area (Å²) in [6, 6.07) is 4.21. The van der Waals surface area contributed by atoms with Crippen LogP contribution in [0.15, 0.2) is 22.9 Å². The Hall–Kier alpha value is -0.730. The number of thiophene rings is 2. The lowest BCUT2D eigenvalue weighted by Gasteiger charge is -2.18. The van der Waals surface area contributed by atoms with Gasteiger partial charge in [-0.3, -0.25) is 0 Å². The minimum absolute atomic E-state index is 0.222. The number of aryl methyl sites for hydroxylation is 2. The van der Waals surface area contributed by atoms with Crippen molar-refractivity contribution in [3.8, 4) is 0 Å². The van der Waals surface area contributed by atoms with E-state index < -0.39 is 9.84 Å². The summed E-state index contributed by atoms with van der Waals surface area (Å²) in [5, 5.41) is 4.17. The molecule has 0 fully saturated rings. The molecular weight excluding hydrogens is 372 g/mol. The molecule has 0 radical (unpaired) electrons. The van der Waals surface area contributed by atoms with Gasteiger partial charge in [-0.05, 0) is 62.0 Å². The first-order valence-corrected chi connectivity index (χ1v) is 12.0. The zero-order valence-electron chi connectivity index (χ0n) is 15.5. The van der Waals surface area contributed by atoms with Gasteiger partial charge in [0.05, 0.1) is 11.5 Å². The van der Waals surface area contributed by atoms with Crippen molar-refractivity contribution in [2.75, 3.05) is 38.7 Å². The second-order valence-corrected chi connectivity index (χ2v) is 11.0. The summed E-state index contributed by atoms with van der Waals surface area (Å²) in [5.74, 6) is 0.444. The number of hydrogen-bond acceptors (Lipinski definition) is 6. The third-order valence-corrected chi connectivity index (χ3v) is 7.96. The average molecular weight is 401 g/mol. The molecule has 0 bridgehead atoms. The van der Waals surface area contributed by atoms with Gasteiger partial charge >= 0.3 is 0 Å². The second kappa shape index (κ2) is 9.28. The average Bonchev–Trinajstić information content (AvgIpc) is 3.13. The van der Waals surface area contributed by atoms with E-state index in [1.807, 2.05) is 14.1 Å². The van der Waals surface area contributed by atoms with Crippen molar-refractivity contribution in [2.24, 2.45) is 0 Å². The number of rotatable bonds is 10. The molecule has 0 saturated heterocycles. The molecule has 0 atom stereocenters. The van der Waals surface area contributed by atoms with Crippen molar-refractivity contribution in [3.05, 3.63) is 43.8 Å². The fraction of sp³-hybridized carbons (Fsp3) is 0.556. The Bertz CT molecular complexity index is 707. The van der Waals surface area contributed by atoms with E-state index in [1.165, 1.54) is 20.9 Å². The highest BCUT2D eigenvalue weighted by Crippen LogP contribution is 2.18. The highest BCUT2D eigenvalue weighted by molar-refractivity contribution is 7.91. The van der Waals surface area contributed by atoms with E-state index in [4.69, 9.17) is 0 Å². The van der Waals surface area contributed by atoms with Gasteiger partial charge in [-0.2, -0.15) is 0 Å². The summed E-state index contributed by atoms with van der Waals surface area (Å²) in [7, 11) is 0.947. The molecule has 25 heavy (non-hydrogen) atoms. The SMILES string of the molecule is Cc1ccsc1CN(C)CCS(=O)(=O)CCN(C)Cc1sccc1C. The van der Waals surface area contributed by atoms with Crippen LogP contribution in [0.3, 0.4) is 0 Å². The highest BCUT2D eigenvalue weighted by Gasteiger charge is 2.15. The Balaban J connectivity index is 1.73. The van der Waals surface area contributed by atoms with E-state index >= 15 is 0 Å². The molecule has 7 heteroatoms. The number of hydrogen-bond donors (Lipinski definition) is 0. The number of nitrogens with zero attached hydrogens (tertiary/aromatic N) is 2. The highest BCUT2D eigenvalue weighted by atomic mass is 32.2. The predicted molar refractivity (Wildman–Crippen MR) is 109 cm³/mol. The topological polar surface area (TPSA) is 40.6 Å². The van der Waals surface area contributed by atoms with E-state index in [1.54, 1.807) is 22.7 Å². The first-order chi connectivity index (χ1) is 11.8.